The SMILES string of the molecule is CCNC(=NCC1(c2cccc(F)c2)CCCCC1)N1CCC(COCCOC)C1. The second kappa shape index (κ2) is 11.7. The number of guanidine groups is 1. The zero-order valence-electron chi connectivity index (χ0n) is 18.7. The molecule has 1 N–H and O–H groups in total. The Morgan fingerprint density at radius 2 is 2.10 bits per heavy atom. The van der Waals surface area contributed by atoms with Crippen molar-refractivity contribution in [2.45, 2.75) is 50.9 Å². The molecule has 1 unspecified atom stereocenters. The van der Waals surface area contributed by atoms with Crippen LogP contribution in [-0.4, -0.2) is 64.0 Å². The Hall–Kier alpha value is -1.66. The molecule has 6 heteroatoms. The summed E-state index contributed by atoms with van der Waals surface area (Å²) in [5.41, 5.74) is 1.05. The lowest BCUT2D eigenvalue weighted by Crippen LogP contribution is -2.42. The van der Waals surface area contributed by atoms with Crippen molar-refractivity contribution in [2.75, 3.05) is 53.1 Å². The van der Waals surface area contributed by atoms with Gasteiger partial charge < -0.3 is 19.7 Å². The molecule has 168 valence electrons. The van der Waals surface area contributed by atoms with Gasteiger partial charge >= 0.3 is 0 Å². The second-order valence-electron chi connectivity index (χ2n) is 8.69. The van der Waals surface area contributed by atoms with E-state index >= 15 is 0 Å². The maximum absolute atomic E-state index is 14.0. The lowest BCUT2D eigenvalue weighted by atomic mass is 9.69. The third kappa shape index (κ3) is 6.17. The predicted octanol–water partition coefficient (Wildman–Crippen LogP) is 3.98. The first-order valence-electron chi connectivity index (χ1n) is 11.5. The maximum atomic E-state index is 14.0. The average molecular weight is 420 g/mol. The van der Waals surface area contributed by atoms with Crippen molar-refractivity contribution in [3.63, 3.8) is 0 Å². The highest BCUT2D eigenvalue weighted by Gasteiger charge is 2.35. The molecule has 30 heavy (non-hydrogen) atoms. The number of halogens is 1. The fourth-order valence-electron chi connectivity index (χ4n) is 4.79. The number of hydrogen-bond acceptors (Lipinski definition) is 3. The van der Waals surface area contributed by atoms with E-state index in [0.29, 0.717) is 25.7 Å². The summed E-state index contributed by atoms with van der Waals surface area (Å²) in [7, 11) is 1.70. The molecule has 1 aromatic rings. The lowest BCUT2D eigenvalue weighted by molar-refractivity contribution is 0.0536. The summed E-state index contributed by atoms with van der Waals surface area (Å²) in [5.74, 6) is 1.36. The van der Waals surface area contributed by atoms with Gasteiger partial charge in [-0.25, -0.2) is 4.39 Å². The van der Waals surface area contributed by atoms with E-state index in [2.05, 4.69) is 23.2 Å². The molecule has 0 radical (unpaired) electrons. The molecule has 2 fully saturated rings. The van der Waals surface area contributed by atoms with E-state index in [1.165, 1.54) is 25.3 Å². The van der Waals surface area contributed by atoms with Crippen molar-refractivity contribution in [3.05, 3.63) is 35.6 Å². The van der Waals surface area contributed by atoms with Gasteiger partial charge in [-0.1, -0.05) is 31.4 Å². The van der Waals surface area contributed by atoms with Gasteiger partial charge in [0.15, 0.2) is 5.96 Å². The summed E-state index contributed by atoms with van der Waals surface area (Å²) in [6.45, 7) is 7.69. The number of hydrogen-bond donors (Lipinski definition) is 1. The minimum atomic E-state index is -0.149. The number of ether oxygens (including phenoxy) is 2. The number of nitrogens with one attached hydrogen (secondary N) is 1. The van der Waals surface area contributed by atoms with Gasteiger partial charge in [-0.3, -0.25) is 4.99 Å². The summed E-state index contributed by atoms with van der Waals surface area (Å²) in [6.07, 6.45) is 6.91. The van der Waals surface area contributed by atoms with Crippen LogP contribution in [0.2, 0.25) is 0 Å². The molecule has 3 rings (SSSR count). The van der Waals surface area contributed by atoms with E-state index in [-0.39, 0.29) is 11.2 Å². The second-order valence-corrected chi connectivity index (χ2v) is 8.69. The molecule has 1 aliphatic carbocycles. The highest BCUT2D eigenvalue weighted by atomic mass is 19.1. The highest BCUT2D eigenvalue weighted by Crippen LogP contribution is 2.40. The van der Waals surface area contributed by atoms with Crippen LogP contribution in [0.25, 0.3) is 0 Å². The van der Waals surface area contributed by atoms with Crippen molar-refractivity contribution < 1.29 is 13.9 Å². The number of benzene rings is 1. The Balaban J connectivity index is 1.68. The molecule has 5 nitrogen and oxygen atoms in total. The zero-order chi connectivity index (χ0) is 21.2. The van der Waals surface area contributed by atoms with Crippen molar-refractivity contribution in [2.24, 2.45) is 10.9 Å². The Labute approximate surface area is 181 Å². The maximum Gasteiger partial charge on any atom is 0.193 e. The summed E-state index contributed by atoms with van der Waals surface area (Å²) in [4.78, 5) is 7.45. The Kier molecular flexibility index (Phi) is 8.94. The molecule has 1 saturated carbocycles. The molecule has 0 aromatic heterocycles. The van der Waals surface area contributed by atoms with Crippen molar-refractivity contribution >= 4 is 5.96 Å². The Morgan fingerprint density at radius 3 is 2.83 bits per heavy atom. The molecule has 0 spiro atoms. The third-order valence-electron chi connectivity index (χ3n) is 6.48. The van der Waals surface area contributed by atoms with E-state index in [0.717, 1.165) is 57.0 Å². The summed E-state index contributed by atoms with van der Waals surface area (Å²) >= 11 is 0. The number of methoxy groups -OCH3 is 1. The first-order chi connectivity index (χ1) is 14.7. The van der Waals surface area contributed by atoms with Crippen LogP contribution in [0.15, 0.2) is 29.3 Å². The van der Waals surface area contributed by atoms with Crippen LogP contribution >= 0.6 is 0 Å². The normalized spacial score (nSPS) is 21.8. The first-order valence-corrected chi connectivity index (χ1v) is 11.5. The van der Waals surface area contributed by atoms with Gasteiger partial charge in [-0.2, -0.15) is 0 Å². The average Bonchev–Trinajstić information content (AvgIpc) is 3.24. The van der Waals surface area contributed by atoms with Gasteiger partial charge in [-0.05, 0) is 43.9 Å². The molecule has 1 atom stereocenters. The van der Waals surface area contributed by atoms with Gasteiger partial charge in [0.1, 0.15) is 5.82 Å². The number of nitrogens with zero attached hydrogens (tertiary/aromatic N) is 2. The van der Waals surface area contributed by atoms with Crippen LogP contribution in [0.1, 0.15) is 51.0 Å². The van der Waals surface area contributed by atoms with E-state index in [4.69, 9.17) is 14.5 Å². The minimum absolute atomic E-state index is 0.0522. The summed E-state index contributed by atoms with van der Waals surface area (Å²) < 4.78 is 24.8. The Morgan fingerprint density at radius 1 is 1.27 bits per heavy atom. The minimum Gasteiger partial charge on any atom is -0.382 e. The van der Waals surface area contributed by atoms with E-state index in [1.54, 1.807) is 13.2 Å². The molecule has 1 aromatic carbocycles. The number of aliphatic imine (C=N–C) groups is 1. The van der Waals surface area contributed by atoms with E-state index < -0.39 is 0 Å². The molecular formula is C24H38FN3O2. The molecule has 1 heterocycles. The summed E-state index contributed by atoms with van der Waals surface area (Å²) in [5, 5.41) is 3.48. The standard InChI is InChI=1S/C24H38FN3O2/c1-3-26-23(28-13-10-20(17-28)18-30-15-14-29-2)27-19-24(11-5-4-6-12-24)21-8-7-9-22(25)16-21/h7-9,16,20H,3-6,10-15,17-19H2,1-2H3,(H,26,27). The number of likely N-dealkylation sites (tertiary alicyclic amines) is 1. The van der Waals surface area contributed by atoms with E-state index in [9.17, 15) is 4.39 Å². The molecular weight excluding hydrogens is 381 g/mol. The lowest BCUT2D eigenvalue weighted by Gasteiger charge is -2.37. The third-order valence-corrected chi connectivity index (χ3v) is 6.48. The van der Waals surface area contributed by atoms with Crippen molar-refractivity contribution in [3.8, 4) is 0 Å². The summed E-state index contributed by atoms with van der Waals surface area (Å²) in [6, 6.07) is 7.17. The molecule has 1 saturated heterocycles. The monoisotopic (exact) mass is 419 g/mol. The van der Waals surface area contributed by atoms with E-state index in [1.807, 2.05) is 6.07 Å². The molecule has 1 aliphatic heterocycles. The van der Waals surface area contributed by atoms with Gasteiger partial charge in [-0.15, -0.1) is 0 Å². The fourth-order valence-corrected chi connectivity index (χ4v) is 4.79. The van der Waals surface area contributed by atoms with Gasteiger partial charge in [0, 0.05) is 38.1 Å². The highest BCUT2D eigenvalue weighted by molar-refractivity contribution is 5.80. The largest absolute Gasteiger partial charge is 0.382 e. The van der Waals surface area contributed by atoms with Crippen LogP contribution < -0.4 is 5.32 Å². The van der Waals surface area contributed by atoms with Gasteiger partial charge in [0.05, 0.1) is 26.4 Å². The van der Waals surface area contributed by atoms with Crippen LogP contribution in [-0.2, 0) is 14.9 Å². The van der Waals surface area contributed by atoms with Crippen LogP contribution in [0.3, 0.4) is 0 Å². The smallest absolute Gasteiger partial charge is 0.193 e. The zero-order valence-corrected chi connectivity index (χ0v) is 18.7. The first kappa shape index (κ1) is 23.0. The van der Waals surface area contributed by atoms with Crippen LogP contribution in [0.4, 0.5) is 4.39 Å². The van der Waals surface area contributed by atoms with Gasteiger partial charge in [0.25, 0.3) is 0 Å². The molecule has 0 amide bonds. The predicted molar refractivity (Wildman–Crippen MR) is 120 cm³/mol. The van der Waals surface area contributed by atoms with Crippen LogP contribution in [0, 0.1) is 11.7 Å². The van der Waals surface area contributed by atoms with Gasteiger partial charge in [0.2, 0.25) is 0 Å². The van der Waals surface area contributed by atoms with Crippen molar-refractivity contribution in [1.29, 1.82) is 0 Å². The Bertz CT molecular complexity index is 676. The molecule has 0 bridgehead atoms. The molecule has 2 aliphatic rings. The quantitative estimate of drug-likeness (QED) is 0.374. The van der Waals surface area contributed by atoms with Crippen molar-refractivity contribution in [1.82, 2.24) is 10.2 Å². The van der Waals surface area contributed by atoms with Crippen LogP contribution in [0.5, 0.6) is 0 Å². The number of rotatable bonds is 9. The topological polar surface area (TPSA) is 46.1 Å². The fraction of sp³-hybridized carbons (Fsp3) is 0.708.